The van der Waals surface area contributed by atoms with Crippen molar-refractivity contribution in [2.24, 2.45) is 0 Å². The van der Waals surface area contributed by atoms with Crippen LogP contribution in [0.4, 0.5) is 0 Å². The zero-order valence-corrected chi connectivity index (χ0v) is 49.0. The van der Waals surface area contributed by atoms with Gasteiger partial charge in [0.05, 0.1) is 6.42 Å². The molecule has 0 saturated heterocycles. The van der Waals surface area contributed by atoms with Gasteiger partial charge in [0.2, 0.25) is 0 Å². The Hall–Kier alpha value is -9.44. The van der Waals surface area contributed by atoms with Gasteiger partial charge in [-0.25, -0.2) is 0 Å². The summed E-state index contributed by atoms with van der Waals surface area (Å²) in [5.41, 5.74) is 8.75. The molecule has 8 rings (SSSR count). The smallest absolute Gasteiger partial charge is 0.307 e. The number of aliphatic carboxylic acids is 8. The Bertz CT molecular complexity index is 3640. The van der Waals surface area contributed by atoms with E-state index in [1.54, 1.807) is 0 Å². The molecule has 0 fully saturated rings. The number of hydrogen-bond acceptors (Lipinski definition) is 8. The summed E-state index contributed by atoms with van der Waals surface area (Å²) in [7, 11) is 0. The summed E-state index contributed by atoms with van der Waals surface area (Å²) >= 11 is 0. The molecule has 8 aromatic rings. The number of carboxylic acids is 8. The first-order valence-corrected chi connectivity index (χ1v) is 29.5. The van der Waals surface area contributed by atoms with E-state index in [4.69, 9.17) is 40.9 Å². The van der Waals surface area contributed by atoms with Gasteiger partial charge in [0.25, 0.3) is 0 Å². The van der Waals surface area contributed by atoms with Crippen molar-refractivity contribution in [1.82, 2.24) is 0 Å². The molecule has 0 atom stereocenters. The Labute approximate surface area is 505 Å². The monoisotopic (exact) mass is 1190 g/mol. The Kier molecular flexibility index (Phi) is 28.6. The summed E-state index contributed by atoms with van der Waals surface area (Å²) in [5.74, 6) is -6.24. The van der Waals surface area contributed by atoms with Crippen molar-refractivity contribution >= 4 is 90.8 Å². The molecule has 0 aliphatic heterocycles. The summed E-state index contributed by atoms with van der Waals surface area (Å²) in [5, 5.41) is 78.9. The lowest BCUT2D eigenvalue weighted by Gasteiger charge is -2.11. The molecule has 16 nitrogen and oxygen atoms in total. The zero-order chi connectivity index (χ0) is 63.1. The fourth-order valence-corrected chi connectivity index (χ4v) is 10.7. The molecule has 0 heterocycles. The quantitative estimate of drug-likeness (QED) is 0.0187. The molecule has 0 aromatic heterocycles. The van der Waals surface area contributed by atoms with E-state index in [0.717, 1.165) is 105 Å². The fourth-order valence-electron chi connectivity index (χ4n) is 10.7. The third-order valence-electron chi connectivity index (χ3n) is 14.9. The van der Waals surface area contributed by atoms with Crippen LogP contribution < -0.4 is 0 Å². The number of rotatable bonds is 31. The molecule has 0 saturated carbocycles. The molecular weight excluding hydrogens is 1110 g/mol. The van der Waals surface area contributed by atoms with E-state index >= 15 is 0 Å². The van der Waals surface area contributed by atoms with Crippen LogP contribution in [-0.4, -0.2) is 88.6 Å². The van der Waals surface area contributed by atoms with E-state index in [0.29, 0.717) is 51.4 Å². The summed E-state index contributed by atoms with van der Waals surface area (Å²) in [6.07, 6.45) is 12.0. The maximum absolute atomic E-state index is 10.9. The Morgan fingerprint density at radius 3 is 0.598 bits per heavy atom. The first kappa shape index (κ1) is 68.3. The molecule has 0 amide bonds. The minimum Gasteiger partial charge on any atom is -0.481 e. The number of carbonyl (C=O) groups is 8. The number of fused-ring (bicyclic) bond motifs is 4. The minimum atomic E-state index is -0.839. The molecule has 87 heavy (non-hydrogen) atoms. The Morgan fingerprint density at radius 1 is 0.195 bits per heavy atom. The number of carboxylic acid groups (broad SMARTS) is 8. The minimum absolute atomic E-state index is 0.0137. The van der Waals surface area contributed by atoms with Crippen LogP contribution in [0.15, 0.2) is 146 Å². The normalized spacial score (nSPS) is 10.7. The molecule has 16 heteroatoms. The fraction of sp³-hybridized carbons (Fsp3) is 0.324. The summed E-state index contributed by atoms with van der Waals surface area (Å²) < 4.78 is 0. The van der Waals surface area contributed by atoms with Crippen molar-refractivity contribution in [2.75, 3.05) is 0 Å². The lowest BCUT2D eigenvalue weighted by atomic mass is 9.94. The van der Waals surface area contributed by atoms with E-state index in [1.165, 1.54) is 27.5 Å². The van der Waals surface area contributed by atoms with Gasteiger partial charge in [0.15, 0.2) is 0 Å². The summed E-state index contributed by atoms with van der Waals surface area (Å²) in [6.45, 7) is 0. The van der Waals surface area contributed by atoms with E-state index in [-0.39, 0.29) is 51.4 Å². The molecule has 8 N–H and O–H groups in total. The van der Waals surface area contributed by atoms with Gasteiger partial charge in [-0.3, -0.25) is 38.4 Å². The van der Waals surface area contributed by atoms with Gasteiger partial charge in [0.1, 0.15) is 0 Å². The van der Waals surface area contributed by atoms with E-state index in [1.807, 2.05) is 121 Å². The first-order valence-electron chi connectivity index (χ1n) is 29.5. The molecule has 458 valence electrons. The van der Waals surface area contributed by atoms with Crippen molar-refractivity contribution < 1.29 is 79.2 Å². The highest BCUT2D eigenvalue weighted by molar-refractivity contribution is 5.93. The molecule has 0 unspecified atom stereocenters. The second kappa shape index (κ2) is 36.4. The Balaban J connectivity index is 0.000000212. The second-order valence-corrected chi connectivity index (χ2v) is 21.4. The number of hydrogen-bond donors (Lipinski definition) is 8. The van der Waals surface area contributed by atoms with E-state index in [9.17, 15) is 38.4 Å². The van der Waals surface area contributed by atoms with Crippen LogP contribution in [-0.2, 0) is 89.7 Å². The van der Waals surface area contributed by atoms with Gasteiger partial charge < -0.3 is 40.9 Å². The summed E-state index contributed by atoms with van der Waals surface area (Å²) in [4.78, 5) is 85.3. The second-order valence-electron chi connectivity index (χ2n) is 21.4. The highest BCUT2D eigenvalue weighted by atomic mass is 16.4. The Morgan fingerprint density at radius 2 is 0.379 bits per heavy atom. The van der Waals surface area contributed by atoms with Crippen molar-refractivity contribution in [3.05, 3.63) is 190 Å². The largest absolute Gasteiger partial charge is 0.481 e. The van der Waals surface area contributed by atoms with E-state index in [2.05, 4.69) is 24.3 Å². The van der Waals surface area contributed by atoms with Gasteiger partial charge in [-0.1, -0.05) is 146 Å². The number of aryl methyl sites for hydroxylation is 7. The SMILES string of the molecule is O=C(O)CCCCc1ccc(CC(=O)O)c2ccccc12.O=C(O)CCCCc1ccc(CCC(=O)O)c2ccccc12.O=C(O)CCCCc1ccc(CCCC(=O)O)c2ccccc12.O=C(O)CCCc1ccc(CCC(=O)O)c2ccccc12. The van der Waals surface area contributed by atoms with E-state index < -0.39 is 47.8 Å². The van der Waals surface area contributed by atoms with Crippen LogP contribution >= 0.6 is 0 Å². The molecule has 0 aliphatic carbocycles. The van der Waals surface area contributed by atoms with Crippen LogP contribution in [0.2, 0.25) is 0 Å². The van der Waals surface area contributed by atoms with Crippen molar-refractivity contribution in [3.63, 3.8) is 0 Å². The predicted molar refractivity (Wildman–Crippen MR) is 336 cm³/mol. The molecule has 0 spiro atoms. The molecular formula is C71H78O16. The molecule has 0 radical (unpaired) electrons. The zero-order valence-electron chi connectivity index (χ0n) is 49.0. The van der Waals surface area contributed by atoms with Gasteiger partial charge in [-0.05, 0) is 184 Å². The third-order valence-corrected chi connectivity index (χ3v) is 14.9. The average molecular weight is 1190 g/mol. The highest BCUT2D eigenvalue weighted by Crippen LogP contribution is 2.29. The van der Waals surface area contributed by atoms with Gasteiger partial charge >= 0.3 is 47.8 Å². The van der Waals surface area contributed by atoms with Gasteiger partial charge in [-0.2, -0.15) is 0 Å². The predicted octanol–water partition coefficient (Wildman–Crippen LogP) is 14.2. The number of unbranched alkanes of at least 4 members (excludes halogenated alkanes) is 3. The topological polar surface area (TPSA) is 298 Å². The van der Waals surface area contributed by atoms with Crippen LogP contribution in [0.1, 0.15) is 141 Å². The lowest BCUT2D eigenvalue weighted by molar-refractivity contribution is -0.138. The maximum Gasteiger partial charge on any atom is 0.307 e. The number of benzene rings is 8. The lowest BCUT2D eigenvalue weighted by Crippen LogP contribution is -2.02. The standard InChI is InChI=1S/C19H22O4.C18H20O4.2C17H18O4/c20-18(21)10-4-1-6-14-12-13-15(7-5-11-19(22)23)17-9-3-2-8-16(14)17;19-17(20)8-4-1-5-13-9-10-14(11-12-18(21)22)16-7-3-2-6-15(13)16;18-16(19)8-4-1-5-12-9-10-13(11-17(20)21)15-7-3-2-6-14(12)15;18-16(19)7-3-4-12-8-9-13(10-11-17(20)21)15-6-2-1-5-14(12)15/h2-3,8-9,12-13H,1,4-7,10-11H2,(H,20,21)(H,22,23);2-3,6-7,9-10H,1,4-5,8,11-12H2,(H,19,20)(H,21,22);2-3,6-7,9-10H,1,4-5,8,11H2,(H,18,19)(H,20,21);1-2,5-6,8-9H,3-4,7,10-11H2,(H,18,19)(H,20,21). The third kappa shape index (κ3) is 23.9. The van der Waals surface area contributed by atoms with Crippen molar-refractivity contribution in [2.45, 2.75) is 148 Å². The highest BCUT2D eigenvalue weighted by Gasteiger charge is 2.13. The van der Waals surface area contributed by atoms with Crippen LogP contribution in [0, 0.1) is 0 Å². The maximum atomic E-state index is 10.9. The van der Waals surface area contributed by atoms with Crippen LogP contribution in [0.3, 0.4) is 0 Å². The molecule has 0 aliphatic rings. The molecule has 8 aromatic carbocycles. The average Bonchev–Trinajstić information content (AvgIpc) is 1.89. The summed E-state index contributed by atoms with van der Waals surface area (Å²) in [6, 6.07) is 47.8. The van der Waals surface area contributed by atoms with Crippen molar-refractivity contribution in [1.29, 1.82) is 0 Å². The van der Waals surface area contributed by atoms with Crippen molar-refractivity contribution in [3.8, 4) is 0 Å². The van der Waals surface area contributed by atoms with Crippen LogP contribution in [0.5, 0.6) is 0 Å². The molecule has 0 bridgehead atoms. The van der Waals surface area contributed by atoms with Gasteiger partial charge in [0, 0.05) is 44.9 Å². The van der Waals surface area contributed by atoms with Crippen LogP contribution in [0.25, 0.3) is 43.1 Å². The first-order chi connectivity index (χ1) is 41.8. The van der Waals surface area contributed by atoms with Gasteiger partial charge in [-0.15, -0.1) is 0 Å².